The molecule has 2 aromatic heterocycles. The minimum absolute atomic E-state index is 0.145. The Kier molecular flexibility index (Phi) is 5.31. The number of nitrogens with one attached hydrogen (secondary N) is 1. The Balaban J connectivity index is 1.83. The number of hydrogen-bond donors (Lipinski definition) is 1. The number of aryl methyl sites for hydroxylation is 1. The third-order valence-corrected chi connectivity index (χ3v) is 4.76. The van der Waals surface area contributed by atoms with Crippen LogP contribution in [-0.4, -0.2) is 17.4 Å². The van der Waals surface area contributed by atoms with Crippen molar-refractivity contribution in [2.45, 2.75) is 33.6 Å². The van der Waals surface area contributed by atoms with Gasteiger partial charge in [-0.2, -0.15) is 0 Å². The van der Waals surface area contributed by atoms with E-state index in [9.17, 15) is 4.79 Å². The van der Waals surface area contributed by atoms with E-state index < -0.39 is 0 Å². The molecule has 0 unspecified atom stereocenters. The van der Waals surface area contributed by atoms with Gasteiger partial charge in [0.25, 0.3) is 0 Å². The molecule has 2 aromatic rings. The number of amides is 1. The van der Waals surface area contributed by atoms with Gasteiger partial charge in [0.2, 0.25) is 5.91 Å². The number of aromatic nitrogens is 1. The fourth-order valence-electron chi connectivity index (χ4n) is 1.89. The number of thiazole rings is 1. The van der Waals surface area contributed by atoms with E-state index >= 15 is 0 Å². The summed E-state index contributed by atoms with van der Waals surface area (Å²) in [6, 6.07) is 4.24. The van der Waals surface area contributed by atoms with Crippen LogP contribution in [0.3, 0.4) is 0 Å². The Morgan fingerprint density at radius 1 is 1.40 bits per heavy atom. The molecule has 1 amide bonds. The summed E-state index contributed by atoms with van der Waals surface area (Å²) >= 11 is 3.43. The highest BCUT2D eigenvalue weighted by Gasteiger charge is 2.07. The van der Waals surface area contributed by atoms with Gasteiger partial charge in [0.1, 0.15) is 0 Å². The summed E-state index contributed by atoms with van der Waals surface area (Å²) < 4.78 is 0. The van der Waals surface area contributed by atoms with E-state index in [2.05, 4.69) is 41.7 Å². The molecule has 0 atom stereocenters. The topological polar surface area (TPSA) is 42.0 Å². The highest BCUT2D eigenvalue weighted by Crippen LogP contribution is 2.29. The van der Waals surface area contributed by atoms with Crippen LogP contribution in [0.4, 0.5) is 0 Å². The lowest BCUT2D eigenvalue weighted by atomic mass is 10.1. The molecule has 0 radical (unpaired) electrons. The Morgan fingerprint density at radius 3 is 2.85 bits per heavy atom. The van der Waals surface area contributed by atoms with Gasteiger partial charge in [-0.05, 0) is 31.4 Å². The average Bonchev–Trinajstić information content (AvgIpc) is 2.97. The third kappa shape index (κ3) is 4.42. The molecule has 0 saturated carbocycles. The number of hydrogen-bond acceptors (Lipinski definition) is 4. The maximum absolute atomic E-state index is 11.6. The summed E-state index contributed by atoms with van der Waals surface area (Å²) in [7, 11) is 0. The van der Waals surface area contributed by atoms with Gasteiger partial charge in [-0.1, -0.05) is 13.8 Å². The molecule has 0 bridgehead atoms. The van der Waals surface area contributed by atoms with Gasteiger partial charge >= 0.3 is 0 Å². The summed E-state index contributed by atoms with van der Waals surface area (Å²) in [5.74, 6) is 0.558. The zero-order valence-electron chi connectivity index (χ0n) is 12.1. The summed E-state index contributed by atoms with van der Waals surface area (Å²) in [6.45, 7) is 6.84. The van der Waals surface area contributed by atoms with Crippen molar-refractivity contribution in [2.75, 3.05) is 6.54 Å². The molecule has 5 heteroatoms. The molecule has 2 heterocycles. The number of carbonyl (C=O) groups excluding carboxylic acids is 1. The van der Waals surface area contributed by atoms with E-state index in [-0.39, 0.29) is 5.91 Å². The zero-order chi connectivity index (χ0) is 14.5. The number of thiophene rings is 1. The molecule has 0 fully saturated rings. The van der Waals surface area contributed by atoms with Crippen LogP contribution in [0.5, 0.6) is 0 Å². The molecule has 0 spiro atoms. The second kappa shape index (κ2) is 6.99. The minimum atomic E-state index is 0.145. The standard InChI is InChI=1S/C15H20N2OS2/c1-10(2)8-15(18)16-7-6-12-4-5-14(20-12)13-9-19-11(3)17-13/h4-5,9-10H,6-8H2,1-3H3,(H,16,18). The molecule has 0 saturated heterocycles. The number of nitrogens with zero attached hydrogens (tertiary/aromatic N) is 1. The van der Waals surface area contributed by atoms with Crippen LogP contribution in [-0.2, 0) is 11.2 Å². The van der Waals surface area contributed by atoms with Crippen LogP contribution >= 0.6 is 22.7 Å². The van der Waals surface area contributed by atoms with Crippen molar-refractivity contribution >= 4 is 28.6 Å². The van der Waals surface area contributed by atoms with Crippen LogP contribution in [0.1, 0.15) is 30.2 Å². The molecular formula is C15H20N2OS2. The van der Waals surface area contributed by atoms with Crippen LogP contribution in [0.15, 0.2) is 17.5 Å². The van der Waals surface area contributed by atoms with Crippen molar-refractivity contribution in [3.63, 3.8) is 0 Å². The molecule has 20 heavy (non-hydrogen) atoms. The number of carbonyl (C=O) groups is 1. The first-order valence-electron chi connectivity index (χ1n) is 6.82. The van der Waals surface area contributed by atoms with E-state index in [1.165, 1.54) is 9.75 Å². The van der Waals surface area contributed by atoms with Crippen LogP contribution in [0.2, 0.25) is 0 Å². The van der Waals surface area contributed by atoms with Crippen molar-refractivity contribution in [1.29, 1.82) is 0 Å². The quantitative estimate of drug-likeness (QED) is 0.880. The van der Waals surface area contributed by atoms with Gasteiger partial charge in [-0.3, -0.25) is 4.79 Å². The Bertz CT molecular complexity index is 572. The highest BCUT2D eigenvalue weighted by molar-refractivity contribution is 7.16. The number of rotatable bonds is 6. The molecule has 0 aliphatic carbocycles. The second-order valence-electron chi connectivity index (χ2n) is 5.22. The Labute approximate surface area is 128 Å². The Hall–Kier alpha value is -1.20. The monoisotopic (exact) mass is 308 g/mol. The fraction of sp³-hybridized carbons (Fsp3) is 0.467. The third-order valence-electron chi connectivity index (χ3n) is 2.82. The molecule has 3 nitrogen and oxygen atoms in total. The lowest BCUT2D eigenvalue weighted by molar-refractivity contribution is -0.121. The van der Waals surface area contributed by atoms with Gasteiger partial charge in [-0.25, -0.2) is 4.98 Å². The van der Waals surface area contributed by atoms with E-state index in [1.54, 1.807) is 22.7 Å². The van der Waals surface area contributed by atoms with E-state index in [0.29, 0.717) is 18.9 Å². The van der Waals surface area contributed by atoms with Crippen molar-refractivity contribution in [3.05, 3.63) is 27.4 Å². The second-order valence-corrected chi connectivity index (χ2v) is 7.45. The summed E-state index contributed by atoms with van der Waals surface area (Å²) in [5.41, 5.74) is 1.06. The van der Waals surface area contributed by atoms with Crippen LogP contribution in [0.25, 0.3) is 10.6 Å². The highest BCUT2D eigenvalue weighted by atomic mass is 32.1. The molecular weight excluding hydrogens is 288 g/mol. The summed E-state index contributed by atoms with van der Waals surface area (Å²) in [5, 5.41) is 6.16. The maximum Gasteiger partial charge on any atom is 0.220 e. The molecule has 0 aromatic carbocycles. The van der Waals surface area contributed by atoms with Gasteiger partial charge in [0, 0.05) is 23.2 Å². The predicted molar refractivity (Wildman–Crippen MR) is 86.3 cm³/mol. The largest absolute Gasteiger partial charge is 0.356 e. The summed E-state index contributed by atoms with van der Waals surface area (Å²) in [4.78, 5) is 18.5. The van der Waals surface area contributed by atoms with Gasteiger partial charge < -0.3 is 5.32 Å². The molecule has 1 N–H and O–H groups in total. The van der Waals surface area contributed by atoms with E-state index in [1.807, 2.05) is 6.92 Å². The van der Waals surface area contributed by atoms with Crippen LogP contribution in [0, 0.1) is 12.8 Å². The van der Waals surface area contributed by atoms with E-state index in [4.69, 9.17) is 0 Å². The first-order valence-corrected chi connectivity index (χ1v) is 8.52. The maximum atomic E-state index is 11.6. The first kappa shape index (κ1) is 15.2. The van der Waals surface area contributed by atoms with Crippen LogP contribution < -0.4 is 5.32 Å². The SMILES string of the molecule is Cc1nc(-c2ccc(CCNC(=O)CC(C)C)s2)cs1. The van der Waals surface area contributed by atoms with Crippen molar-refractivity contribution in [2.24, 2.45) is 5.92 Å². The molecule has 2 rings (SSSR count). The normalized spacial score (nSPS) is 11.0. The molecule has 0 aliphatic rings. The van der Waals surface area contributed by atoms with Gasteiger partial charge in [0.05, 0.1) is 15.6 Å². The van der Waals surface area contributed by atoms with E-state index in [0.717, 1.165) is 17.1 Å². The zero-order valence-corrected chi connectivity index (χ0v) is 13.7. The summed E-state index contributed by atoms with van der Waals surface area (Å²) in [6.07, 6.45) is 1.49. The fourth-order valence-corrected chi connectivity index (χ4v) is 3.55. The minimum Gasteiger partial charge on any atom is -0.356 e. The van der Waals surface area contributed by atoms with Gasteiger partial charge in [-0.15, -0.1) is 22.7 Å². The lowest BCUT2D eigenvalue weighted by Gasteiger charge is -2.05. The predicted octanol–water partition coefficient (Wildman–Crippen LogP) is 3.88. The smallest absolute Gasteiger partial charge is 0.220 e. The van der Waals surface area contributed by atoms with Crippen molar-refractivity contribution in [3.8, 4) is 10.6 Å². The van der Waals surface area contributed by atoms with Crippen molar-refractivity contribution in [1.82, 2.24) is 10.3 Å². The Morgan fingerprint density at radius 2 is 2.20 bits per heavy atom. The van der Waals surface area contributed by atoms with Crippen molar-refractivity contribution < 1.29 is 4.79 Å². The molecule has 108 valence electrons. The van der Waals surface area contributed by atoms with Gasteiger partial charge in [0.15, 0.2) is 0 Å². The first-order chi connectivity index (χ1) is 9.54. The average molecular weight is 308 g/mol. The lowest BCUT2D eigenvalue weighted by Crippen LogP contribution is -2.26. The molecule has 0 aliphatic heterocycles.